The van der Waals surface area contributed by atoms with E-state index in [1.54, 1.807) is 42.5 Å². The number of carbonyl (C=O) groups excluding carboxylic acids is 3. The number of benzene rings is 3. The van der Waals surface area contributed by atoms with Gasteiger partial charge < -0.3 is 20.3 Å². The van der Waals surface area contributed by atoms with Crippen molar-refractivity contribution in [1.29, 1.82) is 0 Å². The van der Waals surface area contributed by atoms with Crippen molar-refractivity contribution in [2.45, 2.75) is 26.4 Å². The first-order valence-corrected chi connectivity index (χ1v) is 13.7. The zero-order valence-electron chi connectivity index (χ0n) is 23.3. The van der Waals surface area contributed by atoms with E-state index in [-0.39, 0.29) is 23.3 Å². The van der Waals surface area contributed by atoms with Gasteiger partial charge in [-0.05, 0) is 23.8 Å². The zero-order chi connectivity index (χ0) is 30.0. The van der Waals surface area contributed by atoms with Crippen LogP contribution in [0, 0.1) is 11.7 Å². The molecule has 41 heavy (non-hydrogen) atoms. The minimum Gasteiger partial charge on any atom is -0.496 e. The van der Waals surface area contributed by atoms with E-state index >= 15 is 4.39 Å². The van der Waals surface area contributed by atoms with Crippen LogP contribution in [0.15, 0.2) is 48.5 Å². The van der Waals surface area contributed by atoms with E-state index in [1.165, 1.54) is 32.2 Å². The predicted molar refractivity (Wildman–Crippen MR) is 159 cm³/mol. The van der Waals surface area contributed by atoms with Crippen LogP contribution in [0.25, 0.3) is 22.3 Å². The van der Waals surface area contributed by atoms with Gasteiger partial charge in [-0.15, -0.1) is 0 Å². The van der Waals surface area contributed by atoms with Gasteiger partial charge in [-0.1, -0.05) is 67.4 Å². The Hall–Kier alpha value is -3.66. The molecule has 3 aromatic rings. The number of ether oxygens (including phenoxy) is 1. The maximum atomic E-state index is 15.2. The number of imide groups is 1. The number of anilines is 1. The average Bonchev–Trinajstić information content (AvgIpc) is 2.94. The third-order valence-corrected chi connectivity index (χ3v) is 7.75. The summed E-state index contributed by atoms with van der Waals surface area (Å²) in [5.41, 5.74) is 2.88. The lowest BCUT2D eigenvalue weighted by atomic mass is 9.97. The third-order valence-electron chi connectivity index (χ3n) is 6.93. The molecule has 1 saturated heterocycles. The maximum absolute atomic E-state index is 15.2. The van der Waals surface area contributed by atoms with Crippen LogP contribution < -0.4 is 15.4 Å². The molecule has 0 bridgehead atoms. The van der Waals surface area contributed by atoms with Crippen LogP contribution in [-0.4, -0.2) is 61.4 Å². The Bertz CT molecular complexity index is 1510. The van der Waals surface area contributed by atoms with E-state index in [4.69, 9.17) is 27.9 Å². The van der Waals surface area contributed by atoms with Gasteiger partial charge in [0.2, 0.25) is 11.8 Å². The van der Waals surface area contributed by atoms with Crippen molar-refractivity contribution in [3.05, 3.63) is 70.0 Å². The van der Waals surface area contributed by atoms with E-state index in [0.717, 1.165) is 4.90 Å². The fourth-order valence-electron chi connectivity index (χ4n) is 4.66. The molecule has 1 unspecified atom stereocenters. The average molecular weight is 602 g/mol. The maximum Gasteiger partial charge on any atom is 0.326 e. The van der Waals surface area contributed by atoms with Gasteiger partial charge in [-0.25, -0.2) is 9.18 Å². The number of rotatable bonds is 8. The highest BCUT2D eigenvalue weighted by Gasteiger charge is 2.39. The Morgan fingerprint density at radius 2 is 1.68 bits per heavy atom. The van der Waals surface area contributed by atoms with Crippen LogP contribution in [0.4, 0.5) is 14.9 Å². The Morgan fingerprint density at radius 1 is 1.05 bits per heavy atom. The summed E-state index contributed by atoms with van der Waals surface area (Å²) in [6.07, 6.45) is 0. The van der Waals surface area contributed by atoms with Crippen molar-refractivity contribution in [2.24, 2.45) is 5.92 Å². The Morgan fingerprint density at radius 3 is 2.34 bits per heavy atom. The number of carbonyl (C=O) groups is 3. The fraction of sp³-hybridized carbons (Fsp3) is 0.300. The number of hydrogen-bond donors (Lipinski definition) is 2. The zero-order valence-corrected chi connectivity index (χ0v) is 24.9. The molecule has 3 aromatic carbocycles. The first-order chi connectivity index (χ1) is 19.4. The summed E-state index contributed by atoms with van der Waals surface area (Å²) in [6.45, 7) is 4.21. The molecule has 4 amide bonds. The van der Waals surface area contributed by atoms with E-state index in [9.17, 15) is 14.4 Å². The van der Waals surface area contributed by atoms with Gasteiger partial charge in [0.1, 0.15) is 17.5 Å². The Balaban J connectivity index is 1.66. The monoisotopic (exact) mass is 600 g/mol. The van der Waals surface area contributed by atoms with Crippen LogP contribution >= 0.6 is 23.2 Å². The summed E-state index contributed by atoms with van der Waals surface area (Å²) in [5, 5.41) is 6.46. The minimum atomic E-state index is -1.09. The lowest BCUT2D eigenvalue weighted by Crippen LogP contribution is -2.56. The second-order valence-corrected chi connectivity index (χ2v) is 10.9. The number of hydrogen-bond acceptors (Lipinski definition) is 5. The molecule has 1 aliphatic rings. The van der Waals surface area contributed by atoms with Gasteiger partial charge in [0.15, 0.2) is 0 Å². The van der Waals surface area contributed by atoms with Gasteiger partial charge in [0.25, 0.3) is 0 Å². The largest absolute Gasteiger partial charge is 0.496 e. The molecule has 4 rings (SSSR count). The number of amides is 4. The van der Waals surface area contributed by atoms with Gasteiger partial charge in [0.05, 0.1) is 22.8 Å². The summed E-state index contributed by atoms with van der Waals surface area (Å²) >= 11 is 13.6. The van der Waals surface area contributed by atoms with Crippen LogP contribution in [0.2, 0.25) is 10.0 Å². The number of methoxy groups -OCH3 is 1. The molecule has 1 heterocycles. The van der Waals surface area contributed by atoms with Gasteiger partial charge >= 0.3 is 6.03 Å². The molecular formula is C30H31Cl2FN4O4. The van der Waals surface area contributed by atoms with Crippen LogP contribution in [0.5, 0.6) is 5.75 Å². The standard InChI is InChI=1S/C30H31Cl2FN4O4/c1-16(2)34-14-21-23(33)12-17(13-25(21)41-5)18-8-6-9-19(26(18)31)20-10-7-11-24(27(20)32)35-28(38)22-15-36(3)30(40)37(4)29(22)39/h6-13,16,22,34H,14-15H2,1-5H3,(H,35,38). The molecule has 1 atom stereocenters. The highest BCUT2D eigenvalue weighted by atomic mass is 35.5. The van der Waals surface area contributed by atoms with Crippen molar-refractivity contribution in [3.8, 4) is 28.0 Å². The Labute approximate surface area is 248 Å². The SMILES string of the molecule is COc1cc(-c2cccc(-c3cccc(NC(=O)C4CN(C)C(=O)N(C)C4=O)c3Cl)c2Cl)cc(F)c1CNC(C)C. The van der Waals surface area contributed by atoms with Gasteiger partial charge in [0, 0.05) is 55.5 Å². The summed E-state index contributed by atoms with van der Waals surface area (Å²) in [7, 11) is 4.34. The second-order valence-electron chi connectivity index (χ2n) is 10.1. The van der Waals surface area contributed by atoms with Crippen molar-refractivity contribution in [3.63, 3.8) is 0 Å². The fourth-order valence-corrected chi connectivity index (χ4v) is 5.27. The Kier molecular flexibility index (Phi) is 9.21. The molecule has 1 aliphatic heterocycles. The smallest absolute Gasteiger partial charge is 0.326 e. The van der Waals surface area contributed by atoms with E-state index in [0.29, 0.717) is 45.1 Å². The van der Waals surface area contributed by atoms with Crippen molar-refractivity contribution in [2.75, 3.05) is 33.1 Å². The quantitative estimate of drug-likeness (QED) is 0.307. The summed E-state index contributed by atoms with van der Waals surface area (Å²) in [6, 6.07) is 13.2. The molecular weight excluding hydrogens is 570 g/mol. The topological polar surface area (TPSA) is 91.0 Å². The molecule has 0 saturated carbocycles. The number of nitrogens with one attached hydrogen (secondary N) is 2. The molecule has 8 nitrogen and oxygen atoms in total. The molecule has 2 N–H and O–H groups in total. The van der Waals surface area contributed by atoms with Crippen molar-refractivity contribution < 1.29 is 23.5 Å². The molecule has 0 aromatic heterocycles. The summed E-state index contributed by atoms with van der Waals surface area (Å²) in [5.74, 6) is -2.30. The molecule has 0 radical (unpaired) electrons. The van der Waals surface area contributed by atoms with Gasteiger partial charge in [-0.2, -0.15) is 0 Å². The third kappa shape index (κ3) is 6.17. The minimum absolute atomic E-state index is 0.0502. The number of urea groups is 1. The first-order valence-electron chi connectivity index (χ1n) is 13.0. The van der Waals surface area contributed by atoms with Crippen LogP contribution in [0.1, 0.15) is 19.4 Å². The van der Waals surface area contributed by atoms with E-state index in [2.05, 4.69) is 10.6 Å². The second kappa shape index (κ2) is 12.5. The van der Waals surface area contributed by atoms with Crippen molar-refractivity contribution in [1.82, 2.24) is 15.1 Å². The normalized spacial score (nSPS) is 15.5. The molecule has 1 fully saturated rings. The van der Waals surface area contributed by atoms with Crippen LogP contribution in [0.3, 0.4) is 0 Å². The van der Waals surface area contributed by atoms with E-state index in [1.807, 2.05) is 13.8 Å². The summed E-state index contributed by atoms with van der Waals surface area (Å²) in [4.78, 5) is 39.9. The van der Waals surface area contributed by atoms with Crippen LogP contribution in [-0.2, 0) is 16.1 Å². The molecule has 0 spiro atoms. The molecule has 11 heteroatoms. The highest BCUT2D eigenvalue weighted by molar-refractivity contribution is 6.39. The summed E-state index contributed by atoms with van der Waals surface area (Å²) < 4.78 is 20.7. The lowest BCUT2D eigenvalue weighted by Gasteiger charge is -2.33. The van der Waals surface area contributed by atoms with Crippen molar-refractivity contribution >= 4 is 46.7 Å². The lowest BCUT2D eigenvalue weighted by molar-refractivity contribution is -0.140. The predicted octanol–water partition coefficient (Wildman–Crippen LogP) is 6.05. The van der Waals surface area contributed by atoms with E-state index < -0.39 is 29.6 Å². The first kappa shape index (κ1) is 30.3. The van der Waals surface area contributed by atoms with Gasteiger partial charge in [-0.3, -0.25) is 14.5 Å². The number of nitrogens with zero attached hydrogens (tertiary/aromatic N) is 2. The number of halogens is 3. The highest BCUT2D eigenvalue weighted by Crippen LogP contribution is 2.42. The molecule has 216 valence electrons. The molecule has 0 aliphatic carbocycles.